The zero-order chi connectivity index (χ0) is 21.3. The molecular formula is C20H26N2O7. The van der Waals surface area contributed by atoms with Crippen LogP contribution in [0.5, 0.6) is 11.5 Å². The highest BCUT2D eigenvalue weighted by Gasteiger charge is 2.68. The maximum absolute atomic E-state index is 13.1. The number of nitrogens with one attached hydrogen (secondary N) is 1. The highest BCUT2D eigenvalue weighted by molar-refractivity contribution is 6.09. The summed E-state index contributed by atoms with van der Waals surface area (Å²) in [7, 11) is 3.00. The minimum atomic E-state index is -1.73. The molecule has 0 aliphatic carbocycles. The van der Waals surface area contributed by atoms with Crippen molar-refractivity contribution < 1.29 is 33.7 Å². The number of likely N-dealkylation sites (tertiary alicyclic amines) is 1. The van der Waals surface area contributed by atoms with E-state index in [0.717, 1.165) is 4.90 Å². The summed E-state index contributed by atoms with van der Waals surface area (Å²) in [6.07, 6.45) is 0. The minimum absolute atomic E-state index is 0.0758. The monoisotopic (exact) mass is 406 g/mol. The smallest absolute Gasteiger partial charge is 0.329 e. The molecule has 29 heavy (non-hydrogen) atoms. The number of hydrogen-bond donors (Lipinski definition) is 2. The highest BCUT2D eigenvalue weighted by atomic mass is 16.5. The lowest BCUT2D eigenvalue weighted by Gasteiger charge is -2.31. The first-order valence-corrected chi connectivity index (χ1v) is 9.53. The normalized spacial score (nSPS) is 28.4. The number of aliphatic hydroxyl groups excluding tert-OH is 1. The number of nitrogens with zero attached hydrogens (tertiary/aromatic N) is 1. The van der Waals surface area contributed by atoms with Crippen LogP contribution in [0.2, 0.25) is 0 Å². The molecule has 3 rings (SSSR count). The molecule has 9 heteroatoms. The Balaban J connectivity index is 2.18. The zero-order valence-corrected chi connectivity index (χ0v) is 16.9. The van der Waals surface area contributed by atoms with E-state index in [1.54, 1.807) is 32.0 Å². The topological polar surface area (TPSA) is 114 Å². The van der Waals surface area contributed by atoms with Gasteiger partial charge in [-0.1, -0.05) is 0 Å². The van der Waals surface area contributed by atoms with E-state index in [2.05, 4.69) is 5.32 Å². The number of imide groups is 1. The predicted octanol–water partition coefficient (Wildman–Crippen LogP) is 0.263. The lowest BCUT2D eigenvalue weighted by Crippen LogP contribution is -2.59. The summed E-state index contributed by atoms with van der Waals surface area (Å²) in [5.74, 6) is -2.64. The van der Waals surface area contributed by atoms with Gasteiger partial charge in [-0.15, -0.1) is 0 Å². The molecule has 2 aliphatic heterocycles. The van der Waals surface area contributed by atoms with Gasteiger partial charge in [0.05, 0.1) is 39.3 Å². The molecule has 2 heterocycles. The Morgan fingerprint density at radius 3 is 2.48 bits per heavy atom. The summed E-state index contributed by atoms with van der Waals surface area (Å²) >= 11 is 0. The van der Waals surface area contributed by atoms with E-state index < -0.39 is 47.8 Å². The van der Waals surface area contributed by atoms with E-state index in [9.17, 15) is 19.5 Å². The molecule has 0 radical (unpaired) electrons. The van der Waals surface area contributed by atoms with Crippen LogP contribution in [-0.2, 0) is 19.1 Å². The molecule has 0 spiro atoms. The molecule has 4 atom stereocenters. The first-order valence-electron chi connectivity index (χ1n) is 9.53. The molecule has 0 saturated carbocycles. The van der Waals surface area contributed by atoms with Crippen molar-refractivity contribution in [3.05, 3.63) is 23.8 Å². The molecule has 2 saturated heterocycles. The van der Waals surface area contributed by atoms with Crippen LogP contribution in [0, 0.1) is 11.8 Å². The van der Waals surface area contributed by atoms with Crippen molar-refractivity contribution >= 4 is 17.8 Å². The molecule has 0 unspecified atom stereocenters. The van der Waals surface area contributed by atoms with E-state index in [4.69, 9.17) is 14.2 Å². The SMILES string of the molecule is CCOC(=O)[C@]1(CO)N[C@H](c2cc(OC)ccc2OC)[C@H]2C(=O)N(CC)C(=O)[C@H]21. The molecule has 158 valence electrons. The van der Waals surface area contributed by atoms with Crippen molar-refractivity contribution in [2.45, 2.75) is 25.4 Å². The second kappa shape index (κ2) is 8.00. The quantitative estimate of drug-likeness (QED) is 0.490. The van der Waals surface area contributed by atoms with E-state index in [1.807, 2.05) is 0 Å². The highest BCUT2D eigenvalue weighted by Crippen LogP contribution is 2.50. The van der Waals surface area contributed by atoms with Crippen LogP contribution in [0.4, 0.5) is 0 Å². The molecule has 2 aliphatic rings. The van der Waals surface area contributed by atoms with Crippen LogP contribution in [0.15, 0.2) is 18.2 Å². The number of aliphatic hydroxyl groups is 1. The molecule has 2 N–H and O–H groups in total. The molecule has 2 fully saturated rings. The van der Waals surface area contributed by atoms with Crippen LogP contribution in [0.1, 0.15) is 25.5 Å². The van der Waals surface area contributed by atoms with Crippen molar-refractivity contribution in [2.75, 3.05) is 34.0 Å². The Morgan fingerprint density at radius 2 is 1.93 bits per heavy atom. The third kappa shape index (κ3) is 3.05. The van der Waals surface area contributed by atoms with E-state index in [0.29, 0.717) is 17.1 Å². The maximum Gasteiger partial charge on any atom is 0.329 e. The van der Waals surface area contributed by atoms with Gasteiger partial charge in [-0.05, 0) is 32.0 Å². The number of amides is 2. The average Bonchev–Trinajstić information content (AvgIpc) is 3.21. The Bertz CT molecular complexity index is 827. The first-order chi connectivity index (χ1) is 13.9. The summed E-state index contributed by atoms with van der Waals surface area (Å²) in [5.41, 5.74) is -1.17. The van der Waals surface area contributed by atoms with Crippen molar-refractivity contribution in [3.8, 4) is 11.5 Å². The molecule has 2 amide bonds. The third-order valence-electron chi connectivity index (χ3n) is 5.72. The number of methoxy groups -OCH3 is 2. The Labute approximate surface area is 168 Å². The van der Waals surface area contributed by atoms with Crippen molar-refractivity contribution in [1.29, 1.82) is 0 Å². The van der Waals surface area contributed by atoms with Crippen LogP contribution in [0.25, 0.3) is 0 Å². The van der Waals surface area contributed by atoms with Gasteiger partial charge in [0.1, 0.15) is 11.5 Å². The Hall–Kier alpha value is -2.65. The van der Waals surface area contributed by atoms with Gasteiger partial charge in [-0.2, -0.15) is 0 Å². The summed E-state index contributed by atoms with van der Waals surface area (Å²) in [5, 5.41) is 13.3. The first kappa shape index (κ1) is 21.1. The van der Waals surface area contributed by atoms with Crippen LogP contribution in [0.3, 0.4) is 0 Å². The number of rotatable bonds is 7. The van der Waals surface area contributed by atoms with Crippen molar-refractivity contribution in [3.63, 3.8) is 0 Å². The lowest BCUT2D eigenvalue weighted by atomic mass is 9.79. The van der Waals surface area contributed by atoms with E-state index in [-0.39, 0.29) is 13.2 Å². The molecular weight excluding hydrogens is 380 g/mol. The fourth-order valence-electron chi connectivity index (χ4n) is 4.38. The lowest BCUT2D eigenvalue weighted by molar-refractivity contribution is -0.158. The zero-order valence-electron chi connectivity index (χ0n) is 16.9. The minimum Gasteiger partial charge on any atom is -0.497 e. The summed E-state index contributed by atoms with van der Waals surface area (Å²) in [4.78, 5) is 40.2. The van der Waals surface area contributed by atoms with Crippen molar-refractivity contribution in [2.24, 2.45) is 11.8 Å². The van der Waals surface area contributed by atoms with Crippen LogP contribution >= 0.6 is 0 Å². The van der Waals surface area contributed by atoms with Crippen LogP contribution in [-0.4, -0.2) is 67.3 Å². The fourth-order valence-corrected chi connectivity index (χ4v) is 4.38. The van der Waals surface area contributed by atoms with Gasteiger partial charge in [-0.3, -0.25) is 19.8 Å². The van der Waals surface area contributed by atoms with Crippen LogP contribution < -0.4 is 14.8 Å². The molecule has 0 bridgehead atoms. The van der Waals surface area contributed by atoms with Gasteiger partial charge < -0.3 is 19.3 Å². The van der Waals surface area contributed by atoms with Crippen molar-refractivity contribution in [1.82, 2.24) is 10.2 Å². The third-order valence-corrected chi connectivity index (χ3v) is 5.72. The second-order valence-corrected chi connectivity index (χ2v) is 7.00. The standard InChI is InChI=1S/C20H26N2O7/c1-5-22-17(24)14-15(18(22)25)20(10-23,19(26)29-6-2)21-16(14)12-9-11(27-3)7-8-13(12)28-4/h7-9,14-16,21,23H,5-6,10H2,1-4H3/t14-,15-,16+,20+/m0/s1. The van der Waals surface area contributed by atoms with Gasteiger partial charge in [0, 0.05) is 18.2 Å². The van der Waals surface area contributed by atoms with Gasteiger partial charge >= 0.3 is 5.97 Å². The number of fused-ring (bicyclic) bond motifs is 1. The average molecular weight is 406 g/mol. The summed E-state index contributed by atoms with van der Waals surface area (Å²) < 4.78 is 15.9. The van der Waals surface area contributed by atoms with E-state index in [1.165, 1.54) is 14.2 Å². The summed E-state index contributed by atoms with van der Waals surface area (Å²) in [6, 6.07) is 4.33. The predicted molar refractivity (Wildman–Crippen MR) is 101 cm³/mol. The largest absolute Gasteiger partial charge is 0.497 e. The molecule has 0 aromatic heterocycles. The van der Waals surface area contributed by atoms with Gasteiger partial charge in [0.2, 0.25) is 11.8 Å². The maximum atomic E-state index is 13.1. The van der Waals surface area contributed by atoms with Gasteiger partial charge in [0.15, 0.2) is 5.54 Å². The molecule has 9 nitrogen and oxygen atoms in total. The fraction of sp³-hybridized carbons (Fsp3) is 0.550. The number of benzene rings is 1. The van der Waals surface area contributed by atoms with Gasteiger partial charge in [-0.25, -0.2) is 4.79 Å². The number of hydrogen-bond acceptors (Lipinski definition) is 8. The number of ether oxygens (including phenoxy) is 3. The second-order valence-electron chi connectivity index (χ2n) is 7.00. The molecule has 1 aromatic carbocycles. The summed E-state index contributed by atoms with van der Waals surface area (Å²) in [6.45, 7) is 2.89. The Morgan fingerprint density at radius 1 is 1.21 bits per heavy atom. The number of carbonyl (C=O) groups excluding carboxylic acids is 3. The number of carbonyl (C=O) groups is 3. The Kier molecular flexibility index (Phi) is 5.81. The van der Waals surface area contributed by atoms with E-state index >= 15 is 0 Å². The molecule has 1 aromatic rings. The number of esters is 1. The van der Waals surface area contributed by atoms with Gasteiger partial charge in [0.25, 0.3) is 0 Å².